The number of benzene rings is 3. The van der Waals surface area contributed by atoms with Gasteiger partial charge >= 0.3 is 0 Å². The Kier molecular flexibility index (Phi) is 8.05. The summed E-state index contributed by atoms with van der Waals surface area (Å²) in [4.78, 5) is 17.1. The van der Waals surface area contributed by atoms with E-state index in [1.165, 1.54) is 0 Å². The van der Waals surface area contributed by atoms with E-state index in [1.807, 2.05) is 48.5 Å². The van der Waals surface area contributed by atoms with Crippen LogP contribution in [-0.4, -0.2) is 25.1 Å². The third-order valence-corrected chi connectivity index (χ3v) is 5.92. The maximum atomic E-state index is 12.6. The molecule has 0 bridgehead atoms. The number of methoxy groups -OCH3 is 2. The van der Waals surface area contributed by atoms with Gasteiger partial charge in [0, 0.05) is 30.4 Å². The van der Waals surface area contributed by atoms with Crippen molar-refractivity contribution >= 4 is 28.9 Å². The normalized spacial score (nSPS) is 10.6. The van der Waals surface area contributed by atoms with E-state index >= 15 is 0 Å². The van der Waals surface area contributed by atoms with Crippen molar-refractivity contribution in [3.8, 4) is 22.8 Å². The smallest absolute Gasteiger partial charge is 0.255 e. The Bertz CT molecular complexity index is 1360. The lowest BCUT2D eigenvalue weighted by atomic mass is 10.1. The first-order valence-corrected chi connectivity index (χ1v) is 11.7. The number of ether oxygens (including phenoxy) is 2. The van der Waals surface area contributed by atoms with Crippen LogP contribution in [0.5, 0.6) is 11.5 Å². The van der Waals surface area contributed by atoms with Crippen LogP contribution in [0.3, 0.4) is 0 Å². The summed E-state index contributed by atoms with van der Waals surface area (Å²) < 4.78 is 10.6. The first-order chi connectivity index (χ1) is 17.5. The lowest BCUT2D eigenvalue weighted by Gasteiger charge is -2.11. The number of nitrogens with one attached hydrogen (secondary N) is 2. The van der Waals surface area contributed by atoms with Gasteiger partial charge in [0.1, 0.15) is 0 Å². The number of nitrogen functional groups attached to an aromatic ring is 1. The minimum atomic E-state index is -0.241. The fraction of sp³-hybridized carbons (Fsp3) is 0.143. The molecular weight excluding hydrogens is 476 g/mol. The molecule has 0 saturated carbocycles. The highest BCUT2D eigenvalue weighted by Crippen LogP contribution is 2.28. The predicted octanol–water partition coefficient (Wildman–Crippen LogP) is 5.54. The average Bonchev–Trinajstić information content (AvgIpc) is 2.90. The number of hydrogen-bond donors (Lipinski definition) is 3. The summed E-state index contributed by atoms with van der Waals surface area (Å²) in [5, 5.41) is 6.75. The molecule has 0 fully saturated rings. The van der Waals surface area contributed by atoms with Crippen LogP contribution in [0, 0.1) is 0 Å². The second-order valence-electron chi connectivity index (χ2n) is 8.09. The van der Waals surface area contributed by atoms with Crippen molar-refractivity contribution in [3.05, 3.63) is 101 Å². The van der Waals surface area contributed by atoms with Gasteiger partial charge < -0.3 is 25.8 Å². The van der Waals surface area contributed by atoms with Gasteiger partial charge in [0.25, 0.3) is 5.91 Å². The van der Waals surface area contributed by atoms with Crippen molar-refractivity contribution in [2.45, 2.75) is 13.1 Å². The van der Waals surface area contributed by atoms with Crippen molar-refractivity contribution in [3.63, 3.8) is 0 Å². The highest BCUT2D eigenvalue weighted by atomic mass is 35.5. The molecule has 7 nitrogen and oxygen atoms in total. The molecule has 4 aromatic rings. The third-order valence-electron chi connectivity index (χ3n) is 5.63. The standard InChI is InChI=1S/C28H27ClN4O3/c1-35-25-12-7-18(14-26(25)36-2)15-31-16-19-13-22(29)27(32-17-19)20-8-10-21(11-9-20)28(34)33-24-6-4-3-5-23(24)30/h3-14,17,31H,15-16,30H2,1-2H3,(H,33,34). The number of aromatic nitrogens is 1. The number of nitrogens with two attached hydrogens (primary N) is 1. The van der Waals surface area contributed by atoms with Gasteiger partial charge in [-0.2, -0.15) is 0 Å². The molecule has 0 atom stereocenters. The fourth-order valence-corrected chi connectivity index (χ4v) is 4.01. The van der Waals surface area contributed by atoms with Crippen LogP contribution < -0.4 is 25.8 Å². The van der Waals surface area contributed by atoms with Crippen LogP contribution in [-0.2, 0) is 13.1 Å². The van der Waals surface area contributed by atoms with Crippen LogP contribution in [0.25, 0.3) is 11.3 Å². The fourth-order valence-electron chi connectivity index (χ4n) is 3.71. The highest BCUT2D eigenvalue weighted by Gasteiger charge is 2.11. The molecule has 8 heteroatoms. The number of carbonyl (C=O) groups excluding carboxylic acids is 1. The molecule has 4 rings (SSSR count). The van der Waals surface area contributed by atoms with E-state index in [4.69, 9.17) is 26.8 Å². The molecule has 1 heterocycles. The predicted molar refractivity (Wildman–Crippen MR) is 144 cm³/mol. The first-order valence-electron chi connectivity index (χ1n) is 11.3. The van der Waals surface area contributed by atoms with Gasteiger partial charge in [-0.25, -0.2) is 0 Å². The van der Waals surface area contributed by atoms with E-state index in [2.05, 4.69) is 15.6 Å². The molecule has 0 aliphatic heterocycles. The highest BCUT2D eigenvalue weighted by molar-refractivity contribution is 6.33. The van der Waals surface area contributed by atoms with E-state index in [1.54, 1.807) is 44.7 Å². The van der Waals surface area contributed by atoms with Crippen LogP contribution >= 0.6 is 11.6 Å². The maximum absolute atomic E-state index is 12.6. The Balaban J connectivity index is 1.37. The topological polar surface area (TPSA) is 98.5 Å². The Morgan fingerprint density at radius 3 is 2.33 bits per heavy atom. The zero-order chi connectivity index (χ0) is 25.5. The average molecular weight is 503 g/mol. The monoisotopic (exact) mass is 502 g/mol. The van der Waals surface area contributed by atoms with Crippen molar-refractivity contribution in [1.29, 1.82) is 0 Å². The number of hydrogen-bond acceptors (Lipinski definition) is 6. The van der Waals surface area contributed by atoms with Gasteiger partial charge in [0.05, 0.1) is 36.3 Å². The molecule has 3 aromatic carbocycles. The SMILES string of the molecule is COc1ccc(CNCc2cnc(-c3ccc(C(=O)Nc4ccccc4N)cc3)c(Cl)c2)cc1OC. The maximum Gasteiger partial charge on any atom is 0.255 e. The largest absolute Gasteiger partial charge is 0.493 e. The molecule has 0 saturated heterocycles. The Hall–Kier alpha value is -4.07. The van der Waals surface area contributed by atoms with Gasteiger partial charge in [-0.05, 0) is 53.6 Å². The first kappa shape index (κ1) is 25.0. The third kappa shape index (κ3) is 5.94. The second-order valence-corrected chi connectivity index (χ2v) is 8.49. The number of halogens is 1. The van der Waals surface area contributed by atoms with E-state index in [0.29, 0.717) is 52.2 Å². The molecule has 0 spiro atoms. The molecule has 0 radical (unpaired) electrons. The Morgan fingerprint density at radius 2 is 1.64 bits per heavy atom. The van der Waals surface area contributed by atoms with Crippen LogP contribution in [0.15, 0.2) is 79.0 Å². The van der Waals surface area contributed by atoms with E-state index in [9.17, 15) is 4.79 Å². The number of nitrogens with zero attached hydrogens (tertiary/aromatic N) is 1. The van der Waals surface area contributed by atoms with Crippen molar-refractivity contribution in [1.82, 2.24) is 10.3 Å². The van der Waals surface area contributed by atoms with Crippen molar-refractivity contribution in [2.75, 3.05) is 25.3 Å². The van der Waals surface area contributed by atoms with Crippen LogP contribution in [0.4, 0.5) is 11.4 Å². The molecule has 1 aromatic heterocycles. The van der Waals surface area contributed by atoms with Gasteiger partial charge in [-0.3, -0.25) is 9.78 Å². The molecule has 0 aliphatic rings. The zero-order valence-corrected chi connectivity index (χ0v) is 20.8. The zero-order valence-electron chi connectivity index (χ0n) is 20.0. The number of rotatable bonds is 9. The quantitative estimate of drug-likeness (QED) is 0.260. The molecule has 1 amide bonds. The van der Waals surface area contributed by atoms with E-state index in [-0.39, 0.29) is 5.91 Å². The van der Waals surface area contributed by atoms with E-state index < -0.39 is 0 Å². The number of anilines is 2. The summed E-state index contributed by atoms with van der Waals surface area (Å²) >= 11 is 6.55. The minimum Gasteiger partial charge on any atom is -0.493 e. The van der Waals surface area contributed by atoms with E-state index in [0.717, 1.165) is 16.7 Å². The summed E-state index contributed by atoms with van der Waals surface area (Å²) in [5.74, 6) is 1.15. The van der Waals surface area contributed by atoms with Gasteiger partial charge in [-0.1, -0.05) is 41.9 Å². The number of carbonyl (C=O) groups is 1. The number of amides is 1. The summed E-state index contributed by atoms with van der Waals surface area (Å²) in [6.45, 7) is 1.25. The summed E-state index contributed by atoms with van der Waals surface area (Å²) in [5.41, 5.74) is 11.0. The molecule has 184 valence electrons. The Labute approximate surface area is 215 Å². The van der Waals surface area contributed by atoms with Crippen LogP contribution in [0.1, 0.15) is 21.5 Å². The summed E-state index contributed by atoms with van der Waals surface area (Å²) in [6.07, 6.45) is 1.79. The molecule has 36 heavy (non-hydrogen) atoms. The summed E-state index contributed by atoms with van der Waals surface area (Å²) in [7, 11) is 3.23. The minimum absolute atomic E-state index is 0.241. The van der Waals surface area contributed by atoms with Gasteiger partial charge in [0.15, 0.2) is 11.5 Å². The molecular formula is C28H27ClN4O3. The lowest BCUT2D eigenvalue weighted by Crippen LogP contribution is -2.13. The van der Waals surface area contributed by atoms with Gasteiger partial charge in [-0.15, -0.1) is 0 Å². The van der Waals surface area contributed by atoms with Crippen LogP contribution in [0.2, 0.25) is 5.02 Å². The molecule has 0 aliphatic carbocycles. The molecule has 0 unspecified atom stereocenters. The van der Waals surface area contributed by atoms with Crippen molar-refractivity contribution in [2.24, 2.45) is 0 Å². The summed E-state index contributed by atoms with van der Waals surface area (Å²) in [6, 6.07) is 22.0. The van der Waals surface area contributed by atoms with Gasteiger partial charge in [0.2, 0.25) is 0 Å². The Morgan fingerprint density at radius 1 is 0.917 bits per heavy atom. The molecule has 4 N–H and O–H groups in total. The number of pyridine rings is 1. The van der Waals surface area contributed by atoms with Crippen molar-refractivity contribution < 1.29 is 14.3 Å². The second kappa shape index (κ2) is 11.6. The lowest BCUT2D eigenvalue weighted by molar-refractivity contribution is 0.102. The number of para-hydroxylation sites is 2.